The summed E-state index contributed by atoms with van der Waals surface area (Å²) < 4.78 is 44.3. The molecule has 4 atom stereocenters. The zero-order valence-corrected chi connectivity index (χ0v) is 20.6. The Balaban J connectivity index is 2.16. The molecule has 1 saturated heterocycles. The molecule has 8 nitrogen and oxygen atoms in total. The number of aliphatic hydroxyl groups is 1. The molecule has 196 valence electrons. The fourth-order valence-electron chi connectivity index (χ4n) is 4.04. The van der Waals surface area contributed by atoms with Gasteiger partial charge in [0, 0.05) is 12.1 Å². The summed E-state index contributed by atoms with van der Waals surface area (Å²) in [6.45, 7) is 6.64. The summed E-state index contributed by atoms with van der Waals surface area (Å²) in [6, 6.07) is 2.84. The monoisotopic (exact) mass is 501 g/mol. The lowest BCUT2D eigenvalue weighted by molar-refractivity contribution is -0.215. The number of carbonyl (C=O) groups excluding carboxylic acids is 3. The largest absolute Gasteiger partial charge is 0.497 e. The van der Waals surface area contributed by atoms with E-state index in [-0.39, 0.29) is 18.9 Å². The van der Waals surface area contributed by atoms with Gasteiger partial charge in [-0.25, -0.2) is 0 Å². The number of methoxy groups -OCH3 is 1. The Bertz CT molecular complexity index is 889. The van der Waals surface area contributed by atoms with Crippen LogP contribution in [0.3, 0.4) is 0 Å². The van der Waals surface area contributed by atoms with Gasteiger partial charge in [0.2, 0.25) is 11.8 Å². The van der Waals surface area contributed by atoms with Gasteiger partial charge in [-0.05, 0) is 48.9 Å². The minimum Gasteiger partial charge on any atom is -0.497 e. The van der Waals surface area contributed by atoms with Crippen LogP contribution in [0.4, 0.5) is 13.2 Å². The summed E-state index contributed by atoms with van der Waals surface area (Å²) in [4.78, 5) is 40.3. The number of carbonyl (C=O) groups is 3. The molecule has 0 saturated carbocycles. The van der Waals surface area contributed by atoms with Gasteiger partial charge in [-0.15, -0.1) is 0 Å². The fourth-order valence-corrected chi connectivity index (χ4v) is 4.04. The fraction of sp³-hybridized carbons (Fsp3) is 0.625. The van der Waals surface area contributed by atoms with Gasteiger partial charge in [-0.2, -0.15) is 13.2 Å². The Labute approximate surface area is 203 Å². The summed E-state index contributed by atoms with van der Waals surface area (Å²) in [7, 11) is 1.50. The summed E-state index contributed by atoms with van der Waals surface area (Å²) in [5, 5.41) is 14.7. The SMILES string of the molecule is COc1ccc(C(=O)N[C@H](C(=O)N2CCCC2C(=O)NC(C(C)C)C(O)C(F)(F)F)C(C)C)cc1. The number of nitrogens with zero attached hydrogens (tertiary/aromatic N) is 1. The first-order valence-corrected chi connectivity index (χ1v) is 11.6. The molecule has 3 amide bonds. The van der Waals surface area contributed by atoms with Gasteiger partial charge in [0.15, 0.2) is 6.10 Å². The maximum atomic E-state index is 13.4. The molecule has 1 aromatic rings. The van der Waals surface area contributed by atoms with Crippen molar-refractivity contribution in [2.75, 3.05) is 13.7 Å². The molecular formula is C24H34F3N3O5. The molecule has 1 aromatic carbocycles. The van der Waals surface area contributed by atoms with Crippen molar-refractivity contribution in [3.05, 3.63) is 29.8 Å². The third kappa shape index (κ3) is 7.09. The van der Waals surface area contributed by atoms with Crippen LogP contribution in [0.25, 0.3) is 0 Å². The maximum Gasteiger partial charge on any atom is 0.416 e. The van der Waals surface area contributed by atoms with Crippen LogP contribution in [0.5, 0.6) is 5.75 Å². The lowest BCUT2D eigenvalue weighted by Gasteiger charge is -2.33. The highest BCUT2D eigenvalue weighted by Gasteiger charge is 2.46. The predicted octanol–water partition coefficient (Wildman–Crippen LogP) is 2.50. The Hall–Kier alpha value is -2.82. The summed E-state index contributed by atoms with van der Waals surface area (Å²) in [5.41, 5.74) is 0.320. The molecule has 11 heteroatoms. The van der Waals surface area contributed by atoms with Crippen molar-refractivity contribution in [2.45, 2.75) is 70.9 Å². The molecule has 0 aromatic heterocycles. The Morgan fingerprint density at radius 2 is 1.66 bits per heavy atom. The van der Waals surface area contributed by atoms with E-state index in [2.05, 4.69) is 10.6 Å². The van der Waals surface area contributed by atoms with Crippen LogP contribution in [0.15, 0.2) is 24.3 Å². The minimum atomic E-state index is -4.90. The van der Waals surface area contributed by atoms with Crippen LogP contribution in [0.1, 0.15) is 50.9 Å². The van der Waals surface area contributed by atoms with Crippen molar-refractivity contribution in [3.63, 3.8) is 0 Å². The van der Waals surface area contributed by atoms with E-state index in [9.17, 15) is 32.7 Å². The maximum absolute atomic E-state index is 13.4. The number of rotatable bonds is 9. The highest BCUT2D eigenvalue weighted by molar-refractivity contribution is 5.98. The molecule has 2 rings (SSSR count). The van der Waals surface area contributed by atoms with Gasteiger partial charge in [-0.1, -0.05) is 27.7 Å². The normalized spacial score (nSPS) is 18.8. The third-order valence-corrected chi connectivity index (χ3v) is 6.11. The van der Waals surface area contributed by atoms with E-state index in [1.54, 1.807) is 38.1 Å². The Morgan fingerprint density at radius 3 is 2.14 bits per heavy atom. The zero-order chi connectivity index (χ0) is 26.5. The molecule has 1 aliphatic rings. The molecule has 0 aliphatic carbocycles. The molecule has 1 heterocycles. The molecule has 35 heavy (non-hydrogen) atoms. The van der Waals surface area contributed by atoms with E-state index in [0.29, 0.717) is 17.7 Å². The van der Waals surface area contributed by atoms with E-state index in [1.807, 2.05) is 0 Å². The number of hydrogen-bond donors (Lipinski definition) is 3. The summed E-state index contributed by atoms with van der Waals surface area (Å²) in [5.74, 6) is -2.18. The van der Waals surface area contributed by atoms with Gasteiger partial charge in [0.05, 0.1) is 13.2 Å². The summed E-state index contributed by atoms with van der Waals surface area (Å²) in [6.07, 6.45) is -6.89. The van der Waals surface area contributed by atoms with Crippen LogP contribution in [-0.4, -0.2) is 71.8 Å². The lowest BCUT2D eigenvalue weighted by Crippen LogP contribution is -2.59. The van der Waals surface area contributed by atoms with Gasteiger partial charge in [0.25, 0.3) is 5.91 Å². The first-order chi connectivity index (χ1) is 16.3. The van der Waals surface area contributed by atoms with Gasteiger partial charge >= 0.3 is 6.18 Å². The van der Waals surface area contributed by atoms with E-state index in [4.69, 9.17) is 4.74 Å². The van der Waals surface area contributed by atoms with Gasteiger partial charge in [0.1, 0.15) is 17.8 Å². The van der Waals surface area contributed by atoms with Crippen LogP contribution in [0, 0.1) is 11.8 Å². The lowest BCUT2D eigenvalue weighted by atomic mass is 9.97. The van der Waals surface area contributed by atoms with Crippen LogP contribution in [-0.2, 0) is 9.59 Å². The quantitative estimate of drug-likeness (QED) is 0.482. The van der Waals surface area contributed by atoms with Gasteiger partial charge < -0.3 is 25.4 Å². The van der Waals surface area contributed by atoms with E-state index in [1.165, 1.54) is 25.9 Å². The van der Waals surface area contributed by atoms with E-state index < -0.39 is 54.0 Å². The van der Waals surface area contributed by atoms with Crippen LogP contribution >= 0.6 is 0 Å². The molecule has 3 unspecified atom stereocenters. The second-order valence-corrected chi connectivity index (χ2v) is 9.38. The number of alkyl halides is 3. The number of aliphatic hydroxyl groups excluding tert-OH is 1. The second kappa shape index (κ2) is 11.7. The number of ether oxygens (including phenoxy) is 1. The van der Waals surface area contributed by atoms with Crippen molar-refractivity contribution in [1.82, 2.24) is 15.5 Å². The highest BCUT2D eigenvalue weighted by atomic mass is 19.4. The number of amides is 3. The number of halogens is 3. The van der Waals surface area contributed by atoms with Crippen LogP contribution in [0.2, 0.25) is 0 Å². The number of likely N-dealkylation sites (tertiary alicyclic amines) is 1. The van der Waals surface area contributed by atoms with Crippen molar-refractivity contribution >= 4 is 17.7 Å². The average molecular weight is 502 g/mol. The summed E-state index contributed by atoms with van der Waals surface area (Å²) >= 11 is 0. The standard InChI is InChI=1S/C24H34F3N3O5/c1-13(2)18(20(31)24(25,26)27)28-22(33)17-7-6-12-30(17)23(34)19(14(3)4)29-21(32)15-8-10-16(35-5)11-9-15/h8-11,13-14,17-20,31H,6-7,12H2,1-5H3,(H,28,33)(H,29,32)/t17?,18?,19-,20?/m0/s1. The number of hydrogen-bond acceptors (Lipinski definition) is 5. The molecule has 0 spiro atoms. The number of benzene rings is 1. The highest BCUT2D eigenvalue weighted by Crippen LogP contribution is 2.27. The predicted molar refractivity (Wildman–Crippen MR) is 123 cm³/mol. The van der Waals surface area contributed by atoms with Crippen molar-refractivity contribution in [3.8, 4) is 5.75 Å². The second-order valence-electron chi connectivity index (χ2n) is 9.38. The smallest absolute Gasteiger partial charge is 0.416 e. The molecular weight excluding hydrogens is 467 g/mol. The first kappa shape index (κ1) is 28.4. The van der Waals surface area contributed by atoms with E-state index in [0.717, 1.165) is 0 Å². The minimum absolute atomic E-state index is 0.229. The van der Waals surface area contributed by atoms with E-state index >= 15 is 0 Å². The zero-order valence-electron chi connectivity index (χ0n) is 20.6. The van der Waals surface area contributed by atoms with Crippen molar-refractivity contribution in [2.24, 2.45) is 11.8 Å². The number of nitrogens with one attached hydrogen (secondary N) is 2. The molecule has 1 aliphatic heterocycles. The molecule has 0 radical (unpaired) electrons. The first-order valence-electron chi connectivity index (χ1n) is 11.6. The molecule has 1 fully saturated rings. The Morgan fingerprint density at radius 1 is 1.06 bits per heavy atom. The Kier molecular flexibility index (Phi) is 9.53. The average Bonchev–Trinajstić information content (AvgIpc) is 3.29. The van der Waals surface area contributed by atoms with Crippen LogP contribution < -0.4 is 15.4 Å². The van der Waals surface area contributed by atoms with Crippen molar-refractivity contribution < 1.29 is 37.4 Å². The molecule has 0 bridgehead atoms. The molecule has 3 N–H and O–H groups in total. The topological polar surface area (TPSA) is 108 Å². The van der Waals surface area contributed by atoms with Gasteiger partial charge in [-0.3, -0.25) is 14.4 Å². The van der Waals surface area contributed by atoms with Crippen molar-refractivity contribution in [1.29, 1.82) is 0 Å². The third-order valence-electron chi connectivity index (χ3n) is 6.11.